The van der Waals surface area contributed by atoms with Gasteiger partial charge in [-0.05, 0) is 36.4 Å². The summed E-state index contributed by atoms with van der Waals surface area (Å²) >= 11 is 0. The molecule has 1 saturated heterocycles. The van der Waals surface area contributed by atoms with Gasteiger partial charge in [0, 0.05) is 30.3 Å². The van der Waals surface area contributed by atoms with Gasteiger partial charge in [-0.1, -0.05) is 0 Å². The zero-order valence-corrected chi connectivity index (χ0v) is 15.5. The highest BCUT2D eigenvalue weighted by Gasteiger charge is 2.32. The van der Waals surface area contributed by atoms with Gasteiger partial charge in [-0.2, -0.15) is 0 Å². The second-order valence-corrected chi connectivity index (χ2v) is 6.15. The number of methoxy groups -OCH3 is 3. The molecule has 0 aromatic heterocycles. The van der Waals surface area contributed by atoms with Crippen LogP contribution < -0.4 is 24.4 Å². The molecule has 1 aliphatic heterocycles. The molecule has 7 heteroatoms. The summed E-state index contributed by atoms with van der Waals surface area (Å²) in [5.74, 6) is 1.56. The van der Waals surface area contributed by atoms with E-state index >= 15 is 0 Å². The van der Waals surface area contributed by atoms with Crippen LogP contribution in [0.4, 0.5) is 5.69 Å². The maximum Gasteiger partial charge on any atom is 0.251 e. The van der Waals surface area contributed by atoms with Gasteiger partial charge in [0.05, 0.1) is 27.4 Å². The Morgan fingerprint density at radius 2 is 1.70 bits per heavy atom. The Morgan fingerprint density at radius 1 is 1.00 bits per heavy atom. The van der Waals surface area contributed by atoms with Gasteiger partial charge < -0.3 is 24.4 Å². The lowest BCUT2D eigenvalue weighted by molar-refractivity contribution is -0.117. The third kappa shape index (κ3) is 3.97. The van der Waals surface area contributed by atoms with Crippen LogP contribution in [0.3, 0.4) is 0 Å². The van der Waals surface area contributed by atoms with Crippen molar-refractivity contribution in [3.8, 4) is 17.2 Å². The molecule has 142 valence electrons. The van der Waals surface area contributed by atoms with Crippen molar-refractivity contribution in [1.82, 2.24) is 5.32 Å². The van der Waals surface area contributed by atoms with E-state index in [0.717, 1.165) is 0 Å². The first-order chi connectivity index (χ1) is 13.0. The average molecular weight is 370 g/mol. The topological polar surface area (TPSA) is 77.1 Å². The maximum atomic E-state index is 12.4. The van der Waals surface area contributed by atoms with E-state index in [2.05, 4.69) is 5.32 Å². The summed E-state index contributed by atoms with van der Waals surface area (Å²) in [6, 6.07) is 11.9. The summed E-state index contributed by atoms with van der Waals surface area (Å²) in [5, 5.41) is 2.92. The highest BCUT2D eigenvalue weighted by molar-refractivity contribution is 5.99. The number of anilines is 1. The van der Waals surface area contributed by atoms with Gasteiger partial charge in [-0.3, -0.25) is 9.59 Å². The number of benzene rings is 2. The van der Waals surface area contributed by atoms with Gasteiger partial charge in [-0.15, -0.1) is 0 Å². The van der Waals surface area contributed by atoms with Crippen molar-refractivity contribution in [2.45, 2.75) is 12.5 Å². The highest BCUT2D eigenvalue weighted by atomic mass is 16.5. The summed E-state index contributed by atoms with van der Waals surface area (Å²) in [6.45, 7) is 0.399. The number of ether oxygens (including phenoxy) is 3. The van der Waals surface area contributed by atoms with Gasteiger partial charge >= 0.3 is 0 Å². The molecule has 1 fully saturated rings. The van der Waals surface area contributed by atoms with E-state index in [1.54, 1.807) is 68.7 Å². The number of amides is 2. The Morgan fingerprint density at radius 3 is 2.33 bits per heavy atom. The van der Waals surface area contributed by atoms with Crippen LogP contribution in [0.1, 0.15) is 16.8 Å². The van der Waals surface area contributed by atoms with Crippen LogP contribution in [0.25, 0.3) is 0 Å². The van der Waals surface area contributed by atoms with Gasteiger partial charge in [-0.25, -0.2) is 0 Å². The van der Waals surface area contributed by atoms with Crippen molar-refractivity contribution in [3.05, 3.63) is 48.0 Å². The highest BCUT2D eigenvalue weighted by Crippen LogP contribution is 2.33. The molecule has 3 rings (SSSR count). The standard InChI is InChI=1S/C20H22N2O5/c1-25-16-7-4-13(5-8-16)20(24)21-14-10-19(23)22(12-14)15-6-9-17(26-2)18(11-15)27-3/h4-9,11,14H,10,12H2,1-3H3,(H,21,24)/t14-/m0/s1. The molecule has 0 bridgehead atoms. The lowest BCUT2D eigenvalue weighted by Gasteiger charge is -2.19. The number of carbonyl (C=O) groups is 2. The normalized spacial score (nSPS) is 16.2. The minimum absolute atomic E-state index is 0.0535. The van der Waals surface area contributed by atoms with Crippen LogP contribution in [0.2, 0.25) is 0 Å². The average Bonchev–Trinajstić information content (AvgIpc) is 3.07. The molecular weight excluding hydrogens is 348 g/mol. The first-order valence-electron chi connectivity index (χ1n) is 8.53. The Hall–Kier alpha value is -3.22. The minimum atomic E-state index is -0.264. The van der Waals surface area contributed by atoms with Gasteiger partial charge in [0.2, 0.25) is 5.91 Å². The van der Waals surface area contributed by atoms with E-state index in [4.69, 9.17) is 14.2 Å². The molecule has 1 heterocycles. The van der Waals surface area contributed by atoms with Crippen LogP contribution in [-0.4, -0.2) is 45.7 Å². The Balaban J connectivity index is 1.69. The first kappa shape index (κ1) is 18.6. The third-order valence-corrected chi connectivity index (χ3v) is 4.49. The fourth-order valence-corrected chi connectivity index (χ4v) is 3.06. The third-order valence-electron chi connectivity index (χ3n) is 4.49. The van der Waals surface area contributed by atoms with E-state index in [9.17, 15) is 9.59 Å². The summed E-state index contributed by atoms with van der Waals surface area (Å²) in [5.41, 5.74) is 1.23. The fourth-order valence-electron chi connectivity index (χ4n) is 3.06. The van der Waals surface area contributed by atoms with Crippen molar-refractivity contribution in [2.24, 2.45) is 0 Å². The molecule has 1 atom stereocenters. The predicted molar refractivity (Wildman–Crippen MR) is 101 cm³/mol. The first-order valence-corrected chi connectivity index (χ1v) is 8.53. The number of hydrogen-bond acceptors (Lipinski definition) is 5. The van der Waals surface area contributed by atoms with Crippen LogP contribution in [-0.2, 0) is 4.79 Å². The zero-order chi connectivity index (χ0) is 19.4. The molecule has 2 amide bonds. The molecule has 1 N–H and O–H groups in total. The van der Waals surface area contributed by atoms with Crippen molar-refractivity contribution < 1.29 is 23.8 Å². The second-order valence-electron chi connectivity index (χ2n) is 6.15. The Labute approximate surface area is 157 Å². The largest absolute Gasteiger partial charge is 0.497 e. The molecule has 0 radical (unpaired) electrons. The van der Waals surface area contributed by atoms with Crippen molar-refractivity contribution in [1.29, 1.82) is 0 Å². The Kier molecular flexibility index (Phi) is 5.49. The van der Waals surface area contributed by atoms with E-state index in [1.165, 1.54) is 0 Å². The van der Waals surface area contributed by atoms with Crippen LogP contribution >= 0.6 is 0 Å². The molecule has 7 nitrogen and oxygen atoms in total. The van der Waals surface area contributed by atoms with Gasteiger partial charge in [0.25, 0.3) is 5.91 Å². The molecule has 0 aliphatic carbocycles. The SMILES string of the molecule is COc1ccc(C(=O)N[C@H]2CC(=O)N(c3ccc(OC)c(OC)c3)C2)cc1. The maximum absolute atomic E-state index is 12.4. The molecule has 2 aromatic rings. The van der Waals surface area contributed by atoms with E-state index in [0.29, 0.717) is 35.0 Å². The van der Waals surface area contributed by atoms with E-state index in [1.807, 2.05) is 0 Å². The molecule has 2 aromatic carbocycles. The molecule has 1 aliphatic rings. The molecule has 0 saturated carbocycles. The summed E-state index contributed by atoms with van der Waals surface area (Å²) in [7, 11) is 4.68. The number of nitrogens with zero attached hydrogens (tertiary/aromatic N) is 1. The number of carbonyl (C=O) groups excluding carboxylic acids is 2. The Bertz CT molecular complexity index is 835. The molecular formula is C20H22N2O5. The summed E-state index contributed by atoms with van der Waals surface area (Å²) in [4.78, 5) is 26.5. The zero-order valence-electron chi connectivity index (χ0n) is 15.5. The summed E-state index contributed by atoms with van der Waals surface area (Å²) < 4.78 is 15.6. The lowest BCUT2D eigenvalue weighted by Crippen LogP contribution is -2.37. The van der Waals surface area contributed by atoms with Crippen LogP contribution in [0, 0.1) is 0 Å². The second kappa shape index (κ2) is 7.99. The van der Waals surface area contributed by atoms with Gasteiger partial charge in [0.15, 0.2) is 11.5 Å². The fraction of sp³-hybridized carbons (Fsp3) is 0.300. The van der Waals surface area contributed by atoms with Crippen molar-refractivity contribution in [2.75, 3.05) is 32.8 Å². The summed E-state index contributed by atoms with van der Waals surface area (Å²) in [6.07, 6.45) is 0.246. The van der Waals surface area contributed by atoms with E-state index in [-0.39, 0.29) is 24.3 Å². The molecule has 27 heavy (non-hydrogen) atoms. The molecule has 0 spiro atoms. The monoisotopic (exact) mass is 370 g/mol. The number of hydrogen-bond donors (Lipinski definition) is 1. The van der Waals surface area contributed by atoms with Crippen LogP contribution in [0.5, 0.6) is 17.2 Å². The van der Waals surface area contributed by atoms with Gasteiger partial charge in [0.1, 0.15) is 5.75 Å². The predicted octanol–water partition coefficient (Wildman–Crippen LogP) is 2.25. The minimum Gasteiger partial charge on any atom is -0.497 e. The number of nitrogens with one attached hydrogen (secondary N) is 1. The lowest BCUT2D eigenvalue weighted by atomic mass is 10.2. The van der Waals surface area contributed by atoms with Crippen molar-refractivity contribution in [3.63, 3.8) is 0 Å². The quantitative estimate of drug-likeness (QED) is 0.844. The van der Waals surface area contributed by atoms with E-state index < -0.39 is 0 Å². The van der Waals surface area contributed by atoms with Crippen LogP contribution in [0.15, 0.2) is 42.5 Å². The smallest absolute Gasteiger partial charge is 0.251 e. The number of rotatable bonds is 6. The molecule has 0 unspecified atom stereocenters. The van der Waals surface area contributed by atoms with Crippen molar-refractivity contribution >= 4 is 17.5 Å².